The van der Waals surface area contributed by atoms with E-state index in [0.717, 1.165) is 17.7 Å². The van der Waals surface area contributed by atoms with Gasteiger partial charge in [0.25, 0.3) is 0 Å². The number of benzene rings is 1. The van der Waals surface area contributed by atoms with Crippen LogP contribution in [0.5, 0.6) is 0 Å². The highest BCUT2D eigenvalue weighted by Gasteiger charge is 2.05. The van der Waals surface area contributed by atoms with Crippen LogP contribution < -0.4 is 0 Å². The molecule has 0 N–H and O–H groups in total. The van der Waals surface area contributed by atoms with Gasteiger partial charge in [0.1, 0.15) is 6.61 Å². The van der Waals surface area contributed by atoms with Crippen LogP contribution in [0.4, 0.5) is 0 Å². The smallest absolute Gasteiger partial charge is 0.188 e. The molecule has 0 aliphatic rings. The molecule has 0 radical (unpaired) electrons. The molecule has 2 rings (SSSR count). The Morgan fingerprint density at radius 3 is 2.63 bits per heavy atom. The highest BCUT2D eigenvalue weighted by atomic mass is 16.5. The quantitative estimate of drug-likeness (QED) is 0.588. The number of hydrogen-bond donors (Lipinski definition) is 0. The van der Waals surface area contributed by atoms with E-state index in [1.807, 2.05) is 49.4 Å². The second-order valence-electron chi connectivity index (χ2n) is 4.41. The van der Waals surface area contributed by atoms with Crippen molar-refractivity contribution in [3.8, 4) is 0 Å². The molecule has 0 atom stereocenters. The summed E-state index contributed by atoms with van der Waals surface area (Å²) >= 11 is 0. The fourth-order valence-electron chi connectivity index (χ4n) is 1.71. The molecule has 0 unspecified atom stereocenters. The van der Waals surface area contributed by atoms with E-state index in [4.69, 9.17) is 4.74 Å². The summed E-state index contributed by atoms with van der Waals surface area (Å²) in [5.41, 5.74) is 2.82. The number of carbonyl (C=O) groups is 1. The standard InChI is InChI=1S/C16H17NO2/c1-13-5-7-14(8-6-13)16(18)12-19-11-9-15-4-2-3-10-17-15/h2-8,10H,9,11-12H2,1H3. The first-order chi connectivity index (χ1) is 9.25. The molecular formula is C16H17NO2. The predicted octanol–water partition coefficient (Wildman–Crippen LogP) is 2.83. The number of nitrogens with zero attached hydrogens (tertiary/aromatic N) is 1. The molecule has 3 heteroatoms. The third-order valence-electron chi connectivity index (χ3n) is 2.84. The van der Waals surface area contributed by atoms with Crippen LogP contribution in [0.25, 0.3) is 0 Å². The Bertz CT molecular complexity index is 520. The minimum absolute atomic E-state index is 0.0148. The minimum Gasteiger partial charge on any atom is -0.373 e. The SMILES string of the molecule is Cc1ccc(C(=O)COCCc2ccccn2)cc1. The summed E-state index contributed by atoms with van der Waals surface area (Å²) in [6.45, 7) is 2.63. The summed E-state index contributed by atoms with van der Waals surface area (Å²) in [6.07, 6.45) is 2.48. The van der Waals surface area contributed by atoms with Crippen LogP contribution in [0.2, 0.25) is 0 Å². The topological polar surface area (TPSA) is 39.2 Å². The van der Waals surface area contributed by atoms with Gasteiger partial charge in [-0.1, -0.05) is 35.9 Å². The Kier molecular flexibility index (Phi) is 4.81. The van der Waals surface area contributed by atoms with Gasteiger partial charge in [0, 0.05) is 23.9 Å². The van der Waals surface area contributed by atoms with Gasteiger partial charge in [-0.15, -0.1) is 0 Å². The van der Waals surface area contributed by atoms with Crippen LogP contribution in [0.15, 0.2) is 48.7 Å². The van der Waals surface area contributed by atoms with Gasteiger partial charge in [0.2, 0.25) is 0 Å². The van der Waals surface area contributed by atoms with Gasteiger partial charge in [-0.25, -0.2) is 0 Å². The molecule has 0 spiro atoms. The van der Waals surface area contributed by atoms with E-state index < -0.39 is 0 Å². The van der Waals surface area contributed by atoms with Gasteiger partial charge < -0.3 is 4.74 Å². The van der Waals surface area contributed by atoms with E-state index in [2.05, 4.69) is 4.98 Å². The fourth-order valence-corrected chi connectivity index (χ4v) is 1.71. The molecular weight excluding hydrogens is 238 g/mol. The summed E-state index contributed by atoms with van der Waals surface area (Å²) in [6, 6.07) is 13.3. The van der Waals surface area contributed by atoms with Crippen molar-refractivity contribution in [1.82, 2.24) is 4.98 Å². The number of carbonyl (C=O) groups excluding carboxylic acids is 1. The van der Waals surface area contributed by atoms with Crippen molar-refractivity contribution in [3.05, 3.63) is 65.5 Å². The Hall–Kier alpha value is -2.00. The number of pyridine rings is 1. The maximum atomic E-state index is 11.8. The largest absolute Gasteiger partial charge is 0.373 e. The van der Waals surface area contributed by atoms with Crippen LogP contribution in [0.3, 0.4) is 0 Å². The van der Waals surface area contributed by atoms with Gasteiger partial charge in [0.05, 0.1) is 6.61 Å². The zero-order valence-corrected chi connectivity index (χ0v) is 11.0. The molecule has 1 aromatic heterocycles. The van der Waals surface area contributed by atoms with Crippen molar-refractivity contribution < 1.29 is 9.53 Å². The summed E-state index contributed by atoms with van der Waals surface area (Å²) in [5.74, 6) is 0.0148. The number of aryl methyl sites for hydroxylation is 1. The second-order valence-corrected chi connectivity index (χ2v) is 4.41. The number of aromatic nitrogens is 1. The Morgan fingerprint density at radius 1 is 1.16 bits per heavy atom. The first kappa shape index (κ1) is 13.4. The lowest BCUT2D eigenvalue weighted by atomic mass is 10.1. The average molecular weight is 255 g/mol. The van der Waals surface area contributed by atoms with Crippen molar-refractivity contribution in [2.24, 2.45) is 0 Å². The molecule has 19 heavy (non-hydrogen) atoms. The molecule has 0 bridgehead atoms. The zero-order chi connectivity index (χ0) is 13.5. The zero-order valence-electron chi connectivity index (χ0n) is 11.0. The fraction of sp³-hybridized carbons (Fsp3) is 0.250. The van der Waals surface area contributed by atoms with Crippen LogP contribution in [-0.2, 0) is 11.2 Å². The van der Waals surface area contributed by atoms with Gasteiger partial charge in [-0.3, -0.25) is 9.78 Å². The van der Waals surface area contributed by atoms with Crippen molar-refractivity contribution in [1.29, 1.82) is 0 Å². The lowest BCUT2D eigenvalue weighted by molar-refractivity contribution is 0.0764. The molecule has 1 heterocycles. The van der Waals surface area contributed by atoms with Gasteiger partial charge in [0.15, 0.2) is 5.78 Å². The number of ketones is 1. The Balaban J connectivity index is 1.74. The number of ether oxygens (including phenoxy) is 1. The molecule has 1 aromatic carbocycles. The molecule has 0 amide bonds. The van der Waals surface area contributed by atoms with Crippen LogP contribution in [0, 0.1) is 6.92 Å². The third kappa shape index (κ3) is 4.30. The summed E-state index contributed by atoms with van der Waals surface area (Å²) in [7, 11) is 0. The van der Waals surface area contributed by atoms with Crippen molar-refractivity contribution >= 4 is 5.78 Å². The van der Waals surface area contributed by atoms with E-state index in [9.17, 15) is 4.79 Å². The Morgan fingerprint density at radius 2 is 1.95 bits per heavy atom. The molecule has 0 saturated carbocycles. The molecule has 2 aromatic rings. The maximum Gasteiger partial charge on any atom is 0.188 e. The van der Waals surface area contributed by atoms with E-state index >= 15 is 0 Å². The lowest BCUT2D eigenvalue weighted by Crippen LogP contribution is -2.11. The third-order valence-corrected chi connectivity index (χ3v) is 2.84. The van der Waals surface area contributed by atoms with E-state index in [-0.39, 0.29) is 12.4 Å². The van der Waals surface area contributed by atoms with Crippen LogP contribution in [-0.4, -0.2) is 24.0 Å². The summed E-state index contributed by atoms with van der Waals surface area (Å²) in [4.78, 5) is 16.0. The second kappa shape index (κ2) is 6.81. The number of Topliss-reactive ketones (excluding diaryl/α,β-unsaturated/α-hetero) is 1. The maximum absolute atomic E-state index is 11.8. The molecule has 0 saturated heterocycles. The lowest BCUT2D eigenvalue weighted by Gasteiger charge is -2.04. The monoisotopic (exact) mass is 255 g/mol. The van der Waals surface area contributed by atoms with Crippen LogP contribution >= 0.6 is 0 Å². The number of rotatable bonds is 6. The molecule has 0 aliphatic carbocycles. The van der Waals surface area contributed by atoms with Crippen LogP contribution in [0.1, 0.15) is 21.6 Å². The minimum atomic E-state index is 0.0148. The van der Waals surface area contributed by atoms with Crippen molar-refractivity contribution in [2.75, 3.05) is 13.2 Å². The molecule has 0 aliphatic heterocycles. The highest BCUT2D eigenvalue weighted by Crippen LogP contribution is 2.04. The summed E-state index contributed by atoms with van der Waals surface area (Å²) in [5, 5.41) is 0. The van der Waals surface area contributed by atoms with E-state index in [1.165, 1.54) is 0 Å². The normalized spacial score (nSPS) is 10.4. The Labute approximate surface area is 113 Å². The first-order valence-electron chi connectivity index (χ1n) is 6.33. The number of hydrogen-bond acceptors (Lipinski definition) is 3. The van der Waals surface area contributed by atoms with E-state index in [0.29, 0.717) is 12.2 Å². The molecule has 0 fully saturated rings. The van der Waals surface area contributed by atoms with Crippen molar-refractivity contribution in [3.63, 3.8) is 0 Å². The van der Waals surface area contributed by atoms with Gasteiger partial charge in [-0.05, 0) is 19.1 Å². The highest BCUT2D eigenvalue weighted by molar-refractivity contribution is 5.97. The van der Waals surface area contributed by atoms with Crippen molar-refractivity contribution in [2.45, 2.75) is 13.3 Å². The average Bonchev–Trinajstić information content (AvgIpc) is 2.45. The first-order valence-corrected chi connectivity index (χ1v) is 6.33. The van der Waals surface area contributed by atoms with Gasteiger partial charge in [-0.2, -0.15) is 0 Å². The van der Waals surface area contributed by atoms with Gasteiger partial charge >= 0.3 is 0 Å². The predicted molar refractivity (Wildman–Crippen MR) is 74.3 cm³/mol. The van der Waals surface area contributed by atoms with E-state index in [1.54, 1.807) is 6.20 Å². The summed E-state index contributed by atoms with van der Waals surface area (Å²) < 4.78 is 5.39. The molecule has 3 nitrogen and oxygen atoms in total. The molecule has 98 valence electrons.